The smallest absolute Gasteiger partial charge is 0.261 e. The molecular formula is C27H27N3O6S2. The van der Waals surface area contributed by atoms with Gasteiger partial charge >= 0.3 is 0 Å². The van der Waals surface area contributed by atoms with Crippen LogP contribution in [0.3, 0.4) is 0 Å². The number of nitrogens with zero attached hydrogens (tertiary/aromatic N) is 1. The molecule has 0 saturated carbocycles. The molecular weight excluding hydrogens is 526 g/mol. The normalized spacial score (nSPS) is 11.6. The fraction of sp³-hybridized carbons (Fsp3) is 0.148. The minimum absolute atomic E-state index is 0.00980. The van der Waals surface area contributed by atoms with E-state index >= 15 is 0 Å². The van der Waals surface area contributed by atoms with E-state index in [0.717, 1.165) is 21.3 Å². The quantitative estimate of drug-likeness (QED) is 0.299. The van der Waals surface area contributed by atoms with E-state index in [1.807, 2.05) is 37.3 Å². The van der Waals surface area contributed by atoms with Gasteiger partial charge in [0.15, 0.2) is 0 Å². The molecule has 2 N–H and O–H groups in total. The van der Waals surface area contributed by atoms with Crippen molar-refractivity contribution in [2.75, 3.05) is 33.8 Å². The number of rotatable bonds is 10. The molecule has 9 nitrogen and oxygen atoms in total. The second-order valence-electron chi connectivity index (χ2n) is 8.40. The highest BCUT2D eigenvalue weighted by atomic mass is 32.2. The first-order valence-corrected chi connectivity index (χ1v) is 15.0. The maximum Gasteiger partial charge on any atom is 0.261 e. The lowest BCUT2D eigenvalue weighted by Crippen LogP contribution is -2.37. The van der Waals surface area contributed by atoms with Gasteiger partial charge in [-0.1, -0.05) is 36.4 Å². The summed E-state index contributed by atoms with van der Waals surface area (Å²) in [6.45, 7) is 1.84. The fourth-order valence-corrected chi connectivity index (χ4v) is 5.78. The van der Waals surface area contributed by atoms with Gasteiger partial charge in [0.05, 0.1) is 29.1 Å². The average Bonchev–Trinajstić information content (AvgIpc) is 2.88. The summed E-state index contributed by atoms with van der Waals surface area (Å²) in [5.41, 5.74) is 1.09. The molecule has 0 aliphatic heterocycles. The van der Waals surface area contributed by atoms with Crippen molar-refractivity contribution in [3.05, 3.63) is 91.0 Å². The Kier molecular flexibility index (Phi) is 7.88. The van der Waals surface area contributed by atoms with Gasteiger partial charge in [0.25, 0.3) is 10.0 Å². The lowest BCUT2D eigenvalue weighted by Gasteiger charge is -2.22. The number of sulfonamides is 2. The van der Waals surface area contributed by atoms with Crippen LogP contribution in [-0.2, 0) is 24.8 Å². The van der Waals surface area contributed by atoms with Gasteiger partial charge in [-0.3, -0.25) is 13.8 Å². The molecule has 0 unspecified atom stereocenters. The number of nitrogens with one attached hydrogen (secondary N) is 2. The standard InChI is InChI=1S/C27H27N3O6S2/c1-3-36-23-15-13-22(14-16-23)30(37(2,32)33)19-27(31)28-21-11-17-24(18-12-21)38(34,35)29-26-10-6-8-20-7-4-5-9-25(20)26/h4-18,29H,3,19H2,1-2H3,(H,28,31). The molecule has 0 bridgehead atoms. The van der Waals surface area contributed by atoms with E-state index < -0.39 is 32.5 Å². The van der Waals surface area contributed by atoms with Crippen LogP contribution >= 0.6 is 0 Å². The monoisotopic (exact) mass is 553 g/mol. The van der Waals surface area contributed by atoms with Crippen molar-refractivity contribution in [1.29, 1.82) is 0 Å². The number of carbonyl (C=O) groups is 1. The first-order valence-electron chi connectivity index (χ1n) is 11.7. The van der Waals surface area contributed by atoms with E-state index in [1.54, 1.807) is 36.4 Å². The van der Waals surface area contributed by atoms with Crippen molar-refractivity contribution in [2.45, 2.75) is 11.8 Å². The summed E-state index contributed by atoms with van der Waals surface area (Å²) in [6, 6.07) is 24.8. The van der Waals surface area contributed by atoms with Crippen LogP contribution in [0.25, 0.3) is 10.8 Å². The van der Waals surface area contributed by atoms with Crippen molar-refractivity contribution in [3.63, 3.8) is 0 Å². The highest BCUT2D eigenvalue weighted by Gasteiger charge is 2.21. The molecule has 0 aromatic heterocycles. The summed E-state index contributed by atoms with van der Waals surface area (Å²) in [4.78, 5) is 12.7. The molecule has 0 atom stereocenters. The molecule has 4 rings (SSSR count). The first-order chi connectivity index (χ1) is 18.1. The molecule has 11 heteroatoms. The van der Waals surface area contributed by atoms with Crippen LogP contribution in [0.4, 0.5) is 17.1 Å². The molecule has 4 aromatic carbocycles. The topological polar surface area (TPSA) is 122 Å². The molecule has 0 spiro atoms. The third kappa shape index (κ3) is 6.42. The molecule has 0 fully saturated rings. The van der Waals surface area contributed by atoms with Crippen molar-refractivity contribution in [2.24, 2.45) is 0 Å². The SMILES string of the molecule is CCOc1ccc(N(CC(=O)Nc2ccc(S(=O)(=O)Nc3cccc4ccccc34)cc2)S(C)(=O)=O)cc1. The third-order valence-corrected chi connectivity index (χ3v) is 8.13. The van der Waals surface area contributed by atoms with Crippen molar-refractivity contribution in [3.8, 4) is 5.75 Å². The average molecular weight is 554 g/mol. The number of hydrogen-bond donors (Lipinski definition) is 2. The lowest BCUT2D eigenvalue weighted by molar-refractivity contribution is -0.114. The summed E-state index contributed by atoms with van der Waals surface area (Å²) in [7, 11) is -7.65. The minimum atomic E-state index is -3.89. The molecule has 0 aliphatic rings. The van der Waals surface area contributed by atoms with E-state index in [-0.39, 0.29) is 4.90 Å². The zero-order chi connectivity index (χ0) is 27.3. The highest BCUT2D eigenvalue weighted by Crippen LogP contribution is 2.26. The number of hydrogen-bond acceptors (Lipinski definition) is 6. The summed E-state index contributed by atoms with van der Waals surface area (Å²) < 4.78 is 59.6. The predicted octanol–water partition coefficient (Wildman–Crippen LogP) is 4.44. The predicted molar refractivity (Wildman–Crippen MR) is 150 cm³/mol. The Hall–Kier alpha value is -4.09. The number of carbonyl (C=O) groups excluding carboxylic acids is 1. The summed E-state index contributed by atoms with van der Waals surface area (Å²) in [5, 5.41) is 4.28. The van der Waals surface area contributed by atoms with Gasteiger partial charge < -0.3 is 10.1 Å². The minimum Gasteiger partial charge on any atom is -0.494 e. The molecule has 1 amide bonds. The van der Waals surface area contributed by atoms with Crippen LogP contribution in [0.2, 0.25) is 0 Å². The summed E-state index contributed by atoms with van der Waals surface area (Å²) in [5.74, 6) is -0.00654. The number of ether oxygens (including phenoxy) is 1. The van der Waals surface area contributed by atoms with Crippen LogP contribution in [-0.4, -0.2) is 42.2 Å². The Labute approximate surface area is 222 Å². The molecule has 0 heterocycles. The Morgan fingerprint density at radius 3 is 2.16 bits per heavy atom. The Morgan fingerprint density at radius 2 is 1.50 bits per heavy atom. The van der Waals surface area contributed by atoms with Crippen molar-refractivity contribution in [1.82, 2.24) is 0 Å². The van der Waals surface area contributed by atoms with Crippen LogP contribution in [0, 0.1) is 0 Å². The molecule has 4 aromatic rings. The number of anilines is 3. The Balaban J connectivity index is 1.46. The molecule has 0 aliphatic carbocycles. The Bertz CT molecular complexity index is 1650. The number of fused-ring (bicyclic) bond motifs is 1. The van der Waals surface area contributed by atoms with Crippen LogP contribution < -0.4 is 19.1 Å². The second kappa shape index (κ2) is 11.1. The molecule has 0 radical (unpaired) electrons. The Morgan fingerprint density at radius 1 is 0.842 bits per heavy atom. The van der Waals surface area contributed by atoms with Gasteiger partial charge in [0.2, 0.25) is 15.9 Å². The molecule has 198 valence electrons. The van der Waals surface area contributed by atoms with Crippen molar-refractivity contribution >= 4 is 53.8 Å². The maximum absolute atomic E-state index is 13.0. The zero-order valence-electron chi connectivity index (χ0n) is 20.8. The highest BCUT2D eigenvalue weighted by molar-refractivity contribution is 7.92. The van der Waals surface area contributed by atoms with Gasteiger partial charge in [-0.2, -0.15) is 0 Å². The molecule has 38 heavy (non-hydrogen) atoms. The van der Waals surface area contributed by atoms with Crippen molar-refractivity contribution < 1.29 is 26.4 Å². The van der Waals surface area contributed by atoms with Gasteiger partial charge in [0, 0.05) is 11.1 Å². The summed E-state index contributed by atoms with van der Waals surface area (Å²) in [6.07, 6.45) is 1.01. The molecule has 0 saturated heterocycles. The van der Waals surface area contributed by atoms with Crippen LogP contribution in [0.1, 0.15) is 6.92 Å². The van der Waals surface area contributed by atoms with E-state index in [4.69, 9.17) is 4.74 Å². The second-order valence-corrected chi connectivity index (χ2v) is 12.0. The van der Waals surface area contributed by atoms with Gasteiger partial charge in [-0.15, -0.1) is 0 Å². The number of amides is 1. The van der Waals surface area contributed by atoms with Crippen LogP contribution in [0.5, 0.6) is 5.75 Å². The van der Waals surface area contributed by atoms with Gasteiger partial charge in [-0.25, -0.2) is 16.8 Å². The number of benzene rings is 4. The van der Waals surface area contributed by atoms with Crippen LogP contribution in [0.15, 0.2) is 95.9 Å². The maximum atomic E-state index is 13.0. The first kappa shape index (κ1) is 27.0. The lowest BCUT2D eigenvalue weighted by atomic mass is 10.1. The van der Waals surface area contributed by atoms with Gasteiger partial charge in [-0.05, 0) is 66.9 Å². The summed E-state index contributed by atoms with van der Waals surface area (Å²) >= 11 is 0. The third-order valence-electron chi connectivity index (χ3n) is 5.61. The van der Waals surface area contributed by atoms with E-state index in [9.17, 15) is 21.6 Å². The van der Waals surface area contributed by atoms with Gasteiger partial charge in [0.1, 0.15) is 12.3 Å². The van der Waals surface area contributed by atoms with E-state index in [0.29, 0.717) is 29.4 Å². The fourth-order valence-electron chi connectivity index (χ4n) is 3.84. The van der Waals surface area contributed by atoms with E-state index in [2.05, 4.69) is 10.0 Å². The largest absolute Gasteiger partial charge is 0.494 e. The zero-order valence-corrected chi connectivity index (χ0v) is 22.4. The van der Waals surface area contributed by atoms with E-state index in [1.165, 1.54) is 24.3 Å².